The Balaban J connectivity index is 0.000000640. The van der Waals surface area contributed by atoms with Crippen molar-refractivity contribution in [3.05, 3.63) is 16.1 Å². The molecule has 0 saturated heterocycles. The number of nitrogens with two attached hydrogens (primary N) is 1. The highest BCUT2D eigenvalue weighted by Crippen LogP contribution is 2.09. The number of thiazole rings is 1. The predicted molar refractivity (Wildman–Crippen MR) is 42.0 cm³/mol. The van der Waals surface area contributed by atoms with Crippen LogP contribution in [0.25, 0.3) is 0 Å². The summed E-state index contributed by atoms with van der Waals surface area (Å²) >= 11 is 1.65. The van der Waals surface area contributed by atoms with E-state index in [4.69, 9.17) is 5.73 Å². The van der Waals surface area contributed by atoms with Gasteiger partial charge in [0.05, 0.1) is 5.01 Å². The van der Waals surface area contributed by atoms with Gasteiger partial charge in [0.2, 0.25) is 0 Å². The summed E-state index contributed by atoms with van der Waals surface area (Å²) in [7, 11) is 0. The SMILES string of the molecule is Cc1ncc(CN)s1.Cl. The molecule has 0 unspecified atom stereocenters. The quantitative estimate of drug-likeness (QED) is 0.681. The van der Waals surface area contributed by atoms with Gasteiger partial charge in [-0.1, -0.05) is 0 Å². The number of aromatic nitrogens is 1. The van der Waals surface area contributed by atoms with Crippen LogP contribution >= 0.6 is 23.7 Å². The molecule has 1 rings (SSSR count). The number of nitrogens with zero attached hydrogens (tertiary/aromatic N) is 1. The van der Waals surface area contributed by atoms with E-state index in [-0.39, 0.29) is 12.4 Å². The molecule has 1 aromatic rings. The molecule has 4 heteroatoms. The van der Waals surface area contributed by atoms with Gasteiger partial charge in [0.15, 0.2) is 0 Å². The van der Waals surface area contributed by atoms with Gasteiger partial charge in [-0.05, 0) is 6.92 Å². The highest BCUT2D eigenvalue weighted by atomic mass is 35.5. The summed E-state index contributed by atoms with van der Waals surface area (Å²) in [4.78, 5) is 5.18. The van der Waals surface area contributed by atoms with Gasteiger partial charge >= 0.3 is 0 Å². The average Bonchev–Trinajstić information content (AvgIpc) is 2.14. The number of rotatable bonds is 1. The predicted octanol–water partition coefficient (Wildman–Crippen LogP) is 1.33. The van der Waals surface area contributed by atoms with E-state index in [1.807, 2.05) is 13.1 Å². The molecule has 1 heterocycles. The molecule has 0 aromatic carbocycles. The molecule has 0 aliphatic rings. The van der Waals surface area contributed by atoms with Gasteiger partial charge in [-0.3, -0.25) is 0 Å². The van der Waals surface area contributed by atoms with Crippen molar-refractivity contribution in [1.29, 1.82) is 0 Å². The van der Waals surface area contributed by atoms with Gasteiger partial charge in [0.1, 0.15) is 0 Å². The summed E-state index contributed by atoms with van der Waals surface area (Å²) in [5, 5.41) is 1.09. The zero-order valence-electron chi connectivity index (χ0n) is 5.13. The van der Waals surface area contributed by atoms with Crippen molar-refractivity contribution in [3.8, 4) is 0 Å². The van der Waals surface area contributed by atoms with Crippen molar-refractivity contribution in [2.75, 3.05) is 0 Å². The lowest BCUT2D eigenvalue weighted by atomic mass is 10.6. The summed E-state index contributed by atoms with van der Waals surface area (Å²) in [6.07, 6.45) is 1.82. The fourth-order valence-corrected chi connectivity index (χ4v) is 1.17. The van der Waals surface area contributed by atoms with E-state index in [0.717, 1.165) is 9.88 Å². The van der Waals surface area contributed by atoms with Crippen LogP contribution in [0.5, 0.6) is 0 Å². The van der Waals surface area contributed by atoms with E-state index < -0.39 is 0 Å². The Hall–Kier alpha value is -0.120. The fourth-order valence-electron chi connectivity index (χ4n) is 0.500. The first-order valence-electron chi connectivity index (χ1n) is 2.44. The van der Waals surface area contributed by atoms with Crippen LogP contribution in [0.3, 0.4) is 0 Å². The highest BCUT2D eigenvalue weighted by molar-refractivity contribution is 7.11. The molecule has 0 saturated carbocycles. The maximum absolute atomic E-state index is 5.33. The van der Waals surface area contributed by atoms with Gasteiger partial charge in [0, 0.05) is 17.6 Å². The highest BCUT2D eigenvalue weighted by Gasteiger charge is 1.91. The Morgan fingerprint density at radius 1 is 1.78 bits per heavy atom. The zero-order valence-corrected chi connectivity index (χ0v) is 6.76. The monoisotopic (exact) mass is 164 g/mol. The molecule has 0 atom stereocenters. The third-order valence-corrected chi connectivity index (χ3v) is 1.81. The van der Waals surface area contributed by atoms with Crippen molar-refractivity contribution in [2.24, 2.45) is 5.73 Å². The maximum atomic E-state index is 5.33. The van der Waals surface area contributed by atoms with E-state index in [0.29, 0.717) is 6.54 Å². The summed E-state index contributed by atoms with van der Waals surface area (Å²) in [5.74, 6) is 0. The topological polar surface area (TPSA) is 38.9 Å². The van der Waals surface area contributed by atoms with Crippen LogP contribution in [0, 0.1) is 6.92 Å². The van der Waals surface area contributed by atoms with E-state index in [2.05, 4.69) is 4.98 Å². The van der Waals surface area contributed by atoms with Gasteiger partial charge < -0.3 is 5.73 Å². The lowest BCUT2D eigenvalue weighted by molar-refractivity contribution is 1.09. The first-order chi connectivity index (χ1) is 3.83. The molecule has 52 valence electrons. The van der Waals surface area contributed by atoms with Crippen molar-refractivity contribution in [3.63, 3.8) is 0 Å². The van der Waals surface area contributed by atoms with E-state index in [1.165, 1.54) is 0 Å². The Labute approximate surface area is 64.5 Å². The molecule has 0 fully saturated rings. The molecule has 9 heavy (non-hydrogen) atoms. The van der Waals surface area contributed by atoms with Gasteiger partial charge in [-0.25, -0.2) is 4.98 Å². The lowest BCUT2D eigenvalue weighted by Gasteiger charge is -1.79. The van der Waals surface area contributed by atoms with Crippen LogP contribution in [0.2, 0.25) is 0 Å². The Bertz CT molecular complexity index is 175. The van der Waals surface area contributed by atoms with Gasteiger partial charge in [-0.15, -0.1) is 23.7 Å². The minimum atomic E-state index is 0. The minimum absolute atomic E-state index is 0. The number of hydrogen-bond acceptors (Lipinski definition) is 3. The van der Waals surface area contributed by atoms with E-state index in [1.54, 1.807) is 11.3 Å². The summed E-state index contributed by atoms with van der Waals surface area (Å²) in [6, 6.07) is 0. The van der Waals surface area contributed by atoms with Crippen molar-refractivity contribution in [1.82, 2.24) is 4.98 Å². The van der Waals surface area contributed by atoms with Crippen LogP contribution in [-0.2, 0) is 6.54 Å². The molecule has 0 spiro atoms. The Kier molecular flexibility index (Phi) is 3.77. The van der Waals surface area contributed by atoms with Gasteiger partial charge in [0.25, 0.3) is 0 Å². The van der Waals surface area contributed by atoms with E-state index >= 15 is 0 Å². The van der Waals surface area contributed by atoms with Crippen LogP contribution in [0.15, 0.2) is 6.20 Å². The number of halogens is 1. The summed E-state index contributed by atoms with van der Waals surface area (Å²) in [6.45, 7) is 2.59. The smallest absolute Gasteiger partial charge is 0.0897 e. The first-order valence-corrected chi connectivity index (χ1v) is 3.26. The maximum Gasteiger partial charge on any atom is 0.0897 e. The Morgan fingerprint density at radius 3 is 2.67 bits per heavy atom. The van der Waals surface area contributed by atoms with E-state index in [9.17, 15) is 0 Å². The normalized spacial score (nSPS) is 8.67. The minimum Gasteiger partial charge on any atom is -0.326 e. The van der Waals surface area contributed by atoms with Crippen LogP contribution in [-0.4, -0.2) is 4.98 Å². The third-order valence-electron chi connectivity index (χ3n) is 0.870. The second kappa shape index (κ2) is 3.82. The van der Waals surface area contributed by atoms with Crippen molar-refractivity contribution >= 4 is 23.7 Å². The molecular formula is C5H9ClN2S. The first kappa shape index (κ1) is 8.88. The summed E-state index contributed by atoms with van der Waals surface area (Å²) < 4.78 is 0. The van der Waals surface area contributed by atoms with Crippen molar-refractivity contribution < 1.29 is 0 Å². The van der Waals surface area contributed by atoms with Crippen molar-refractivity contribution in [2.45, 2.75) is 13.5 Å². The number of aryl methyl sites for hydroxylation is 1. The standard InChI is InChI=1S/C5H8N2S.ClH/c1-4-7-3-5(2-6)8-4;/h3H,2,6H2,1H3;1H. The second-order valence-corrected chi connectivity index (χ2v) is 2.87. The van der Waals surface area contributed by atoms with Crippen LogP contribution < -0.4 is 5.73 Å². The van der Waals surface area contributed by atoms with Crippen LogP contribution in [0.4, 0.5) is 0 Å². The molecule has 2 nitrogen and oxygen atoms in total. The molecule has 1 aromatic heterocycles. The van der Waals surface area contributed by atoms with Crippen LogP contribution in [0.1, 0.15) is 9.88 Å². The molecule has 0 aliphatic heterocycles. The number of hydrogen-bond donors (Lipinski definition) is 1. The molecule has 0 amide bonds. The third kappa shape index (κ3) is 2.30. The zero-order chi connectivity index (χ0) is 5.98. The molecule has 0 aliphatic carbocycles. The molecule has 2 N–H and O–H groups in total. The van der Waals surface area contributed by atoms with Gasteiger partial charge in [-0.2, -0.15) is 0 Å². The molecular weight excluding hydrogens is 156 g/mol. The molecule has 0 bridgehead atoms. The molecule has 0 radical (unpaired) electrons. The lowest BCUT2D eigenvalue weighted by Crippen LogP contribution is -1.91. The second-order valence-electron chi connectivity index (χ2n) is 1.55. The fraction of sp³-hybridized carbons (Fsp3) is 0.400. The largest absolute Gasteiger partial charge is 0.326 e. The Morgan fingerprint density at radius 2 is 2.44 bits per heavy atom. The average molecular weight is 165 g/mol. The summed E-state index contributed by atoms with van der Waals surface area (Å²) in [5.41, 5.74) is 5.33.